The van der Waals surface area contributed by atoms with Gasteiger partial charge in [-0.25, -0.2) is 0 Å². The van der Waals surface area contributed by atoms with Gasteiger partial charge in [0, 0.05) is 0 Å². The Morgan fingerprint density at radius 2 is 2.42 bits per heavy atom. The molecule has 1 aromatic rings. The number of thiophene rings is 1. The Balaban J connectivity index is 2.49. The SMILES string of the molecule is CC(=O)c1cc2c(s1)NCC2=O. The largest absolute Gasteiger partial charge is 0.369 e. The summed E-state index contributed by atoms with van der Waals surface area (Å²) in [5.41, 5.74) is 0.671. The predicted molar refractivity (Wildman–Crippen MR) is 47.1 cm³/mol. The minimum atomic E-state index is 0.0176. The molecule has 3 nitrogen and oxygen atoms in total. The minimum Gasteiger partial charge on any atom is -0.369 e. The van der Waals surface area contributed by atoms with Crippen molar-refractivity contribution in [3.63, 3.8) is 0 Å². The maximum atomic E-state index is 11.1. The van der Waals surface area contributed by atoms with Crippen LogP contribution in [0.2, 0.25) is 0 Å². The molecule has 0 bridgehead atoms. The highest BCUT2D eigenvalue weighted by molar-refractivity contribution is 7.18. The normalized spacial score (nSPS) is 14.2. The molecule has 12 heavy (non-hydrogen) atoms. The molecule has 4 heteroatoms. The summed E-state index contributed by atoms with van der Waals surface area (Å²) in [6.07, 6.45) is 0. The van der Waals surface area contributed by atoms with Crippen molar-refractivity contribution in [2.75, 3.05) is 11.9 Å². The molecule has 0 aromatic carbocycles. The van der Waals surface area contributed by atoms with Crippen LogP contribution in [0.1, 0.15) is 27.0 Å². The molecule has 62 valence electrons. The Morgan fingerprint density at radius 3 is 3.00 bits per heavy atom. The first-order valence-electron chi connectivity index (χ1n) is 3.60. The summed E-state index contributed by atoms with van der Waals surface area (Å²) < 4.78 is 0. The monoisotopic (exact) mass is 181 g/mol. The van der Waals surface area contributed by atoms with Gasteiger partial charge in [0.05, 0.1) is 17.0 Å². The fraction of sp³-hybridized carbons (Fsp3) is 0.250. The first kappa shape index (κ1) is 7.49. The van der Waals surface area contributed by atoms with Crippen LogP contribution < -0.4 is 5.32 Å². The molecule has 0 amide bonds. The standard InChI is InChI=1S/C8H7NO2S/c1-4(10)7-2-5-6(11)3-9-8(5)12-7/h2,9H,3H2,1H3. The zero-order valence-corrected chi connectivity index (χ0v) is 7.33. The number of anilines is 1. The molecule has 0 radical (unpaired) electrons. The number of carbonyl (C=O) groups excluding carboxylic acids is 2. The average Bonchev–Trinajstić information content (AvgIpc) is 2.53. The van der Waals surface area contributed by atoms with Crippen molar-refractivity contribution in [3.05, 3.63) is 16.5 Å². The number of rotatable bonds is 1. The Hall–Kier alpha value is -1.16. The summed E-state index contributed by atoms with van der Waals surface area (Å²) in [4.78, 5) is 22.7. The third kappa shape index (κ3) is 0.956. The van der Waals surface area contributed by atoms with E-state index in [4.69, 9.17) is 0 Å². The van der Waals surface area contributed by atoms with E-state index in [0.717, 1.165) is 5.00 Å². The quantitative estimate of drug-likeness (QED) is 0.669. The second-order valence-corrected chi connectivity index (χ2v) is 3.74. The van der Waals surface area contributed by atoms with Crippen LogP contribution in [0.4, 0.5) is 5.00 Å². The van der Waals surface area contributed by atoms with Crippen molar-refractivity contribution in [2.24, 2.45) is 0 Å². The summed E-state index contributed by atoms with van der Waals surface area (Å²) in [6.45, 7) is 1.88. The van der Waals surface area contributed by atoms with Gasteiger partial charge in [-0.3, -0.25) is 9.59 Å². The molecule has 1 aliphatic rings. The number of ketones is 2. The van der Waals surface area contributed by atoms with Crippen LogP contribution in [-0.4, -0.2) is 18.1 Å². The second kappa shape index (κ2) is 2.42. The van der Waals surface area contributed by atoms with E-state index in [-0.39, 0.29) is 11.6 Å². The van der Waals surface area contributed by atoms with Crippen LogP contribution in [0.15, 0.2) is 6.07 Å². The summed E-state index contributed by atoms with van der Waals surface area (Å²) in [5, 5.41) is 3.78. The van der Waals surface area contributed by atoms with E-state index < -0.39 is 0 Å². The lowest BCUT2D eigenvalue weighted by atomic mass is 10.2. The lowest BCUT2D eigenvalue weighted by Crippen LogP contribution is -2.01. The smallest absolute Gasteiger partial charge is 0.184 e. The van der Waals surface area contributed by atoms with E-state index in [1.54, 1.807) is 6.07 Å². The highest BCUT2D eigenvalue weighted by atomic mass is 32.1. The summed E-state index contributed by atoms with van der Waals surface area (Å²) >= 11 is 1.35. The lowest BCUT2D eigenvalue weighted by Gasteiger charge is -1.88. The molecule has 1 N–H and O–H groups in total. The molecular weight excluding hydrogens is 174 g/mol. The van der Waals surface area contributed by atoms with E-state index >= 15 is 0 Å². The number of hydrogen-bond acceptors (Lipinski definition) is 4. The van der Waals surface area contributed by atoms with Gasteiger partial charge in [-0.2, -0.15) is 0 Å². The summed E-state index contributed by atoms with van der Waals surface area (Å²) in [7, 11) is 0. The fourth-order valence-electron chi connectivity index (χ4n) is 1.16. The van der Waals surface area contributed by atoms with Crippen LogP contribution in [0.3, 0.4) is 0 Å². The molecule has 2 rings (SSSR count). The van der Waals surface area contributed by atoms with E-state index in [9.17, 15) is 9.59 Å². The van der Waals surface area contributed by atoms with Crippen molar-refractivity contribution in [1.82, 2.24) is 0 Å². The molecule has 0 unspecified atom stereocenters. The predicted octanol–water partition coefficient (Wildman–Crippen LogP) is 1.56. The van der Waals surface area contributed by atoms with Gasteiger partial charge in [-0.05, 0) is 13.0 Å². The molecule has 0 saturated carbocycles. The van der Waals surface area contributed by atoms with Crippen molar-refractivity contribution in [1.29, 1.82) is 0 Å². The van der Waals surface area contributed by atoms with E-state index in [2.05, 4.69) is 5.32 Å². The molecule has 0 aliphatic carbocycles. The average molecular weight is 181 g/mol. The van der Waals surface area contributed by atoms with Crippen molar-refractivity contribution >= 4 is 27.9 Å². The van der Waals surface area contributed by atoms with E-state index in [0.29, 0.717) is 17.0 Å². The Morgan fingerprint density at radius 1 is 1.67 bits per heavy atom. The number of carbonyl (C=O) groups is 2. The lowest BCUT2D eigenvalue weighted by molar-refractivity contribution is 0.101. The molecule has 0 atom stereocenters. The first-order valence-corrected chi connectivity index (χ1v) is 4.42. The number of hydrogen-bond donors (Lipinski definition) is 1. The van der Waals surface area contributed by atoms with Crippen LogP contribution in [0.5, 0.6) is 0 Å². The molecule has 2 heterocycles. The number of nitrogens with one attached hydrogen (secondary N) is 1. The van der Waals surface area contributed by atoms with Crippen LogP contribution in [0.25, 0.3) is 0 Å². The van der Waals surface area contributed by atoms with Crippen molar-refractivity contribution in [3.8, 4) is 0 Å². The first-order chi connectivity index (χ1) is 5.68. The number of fused-ring (bicyclic) bond motifs is 1. The maximum absolute atomic E-state index is 11.1. The Bertz CT molecular complexity index is 367. The van der Waals surface area contributed by atoms with E-state index in [1.165, 1.54) is 18.3 Å². The van der Waals surface area contributed by atoms with Gasteiger partial charge in [0.25, 0.3) is 0 Å². The summed E-state index contributed by atoms with van der Waals surface area (Å²) in [5.74, 6) is 0.0951. The molecule has 0 saturated heterocycles. The summed E-state index contributed by atoms with van der Waals surface area (Å²) in [6, 6.07) is 1.67. The maximum Gasteiger partial charge on any atom is 0.184 e. The molecule has 0 spiro atoms. The highest BCUT2D eigenvalue weighted by Crippen LogP contribution is 2.32. The second-order valence-electron chi connectivity index (χ2n) is 2.69. The van der Waals surface area contributed by atoms with Gasteiger partial charge in [0.2, 0.25) is 0 Å². The van der Waals surface area contributed by atoms with Crippen molar-refractivity contribution in [2.45, 2.75) is 6.92 Å². The Kier molecular flexibility index (Phi) is 1.51. The molecule has 0 fully saturated rings. The van der Waals surface area contributed by atoms with Gasteiger partial charge in [-0.1, -0.05) is 0 Å². The van der Waals surface area contributed by atoms with Gasteiger partial charge in [0.1, 0.15) is 5.00 Å². The minimum absolute atomic E-state index is 0.0176. The van der Waals surface area contributed by atoms with Gasteiger partial charge >= 0.3 is 0 Å². The topological polar surface area (TPSA) is 46.2 Å². The fourth-order valence-corrected chi connectivity index (χ4v) is 2.13. The third-order valence-electron chi connectivity index (χ3n) is 1.79. The van der Waals surface area contributed by atoms with Crippen LogP contribution in [-0.2, 0) is 0 Å². The zero-order chi connectivity index (χ0) is 8.72. The molecule has 1 aliphatic heterocycles. The van der Waals surface area contributed by atoms with E-state index in [1.807, 2.05) is 0 Å². The van der Waals surface area contributed by atoms with Crippen molar-refractivity contribution < 1.29 is 9.59 Å². The molecule has 1 aromatic heterocycles. The third-order valence-corrected chi connectivity index (χ3v) is 2.98. The van der Waals surface area contributed by atoms with Gasteiger partial charge in [0.15, 0.2) is 11.6 Å². The molecular formula is C8H7NO2S. The number of Topliss-reactive ketones (excluding diaryl/α,β-unsaturated/α-hetero) is 2. The van der Waals surface area contributed by atoms with Gasteiger partial charge in [-0.15, -0.1) is 11.3 Å². The zero-order valence-electron chi connectivity index (χ0n) is 6.51. The van der Waals surface area contributed by atoms with Crippen LogP contribution >= 0.6 is 11.3 Å². The van der Waals surface area contributed by atoms with Gasteiger partial charge < -0.3 is 5.32 Å². The highest BCUT2D eigenvalue weighted by Gasteiger charge is 2.22. The van der Waals surface area contributed by atoms with Crippen LogP contribution in [0, 0.1) is 0 Å². The Labute approximate surface area is 73.4 Å².